The molecule has 2 rings (SSSR count). The second-order valence-corrected chi connectivity index (χ2v) is 8.96. The van der Waals surface area contributed by atoms with Gasteiger partial charge < -0.3 is 10.2 Å². The molecule has 1 aromatic rings. The van der Waals surface area contributed by atoms with Gasteiger partial charge in [0.25, 0.3) is 5.91 Å². The number of rotatable bonds is 7. The molecule has 0 radical (unpaired) electrons. The van der Waals surface area contributed by atoms with E-state index in [-0.39, 0.29) is 12.5 Å². The van der Waals surface area contributed by atoms with Crippen LogP contribution in [0.5, 0.6) is 0 Å². The topological polar surface area (TPSA) is 69.7 Å². The number of benzene rings is 1. The molecule has 1 saturated heterocycles. The number of carbonyl (C=O) groups excluding carboxylic acids is 3. The van der Waals surface area contributed by atoms with Gasteiger partial charge in [-0.2, -0.15) is 0 Å². The van der Waals surface area contributed by atoms with E-state index in [9.17, 15) is 14.4 Å². The Kier molecular flexibility index (Phi) is 6.68. The standard InChI is InChI=1S/C20H28BrN3O3/c1-13(2)10-23(11-14(3)4)17(25)12-24-18(26)20(5,22-19(24)27)15-7-6-8-16(21)9-15/h6-9,13-14H,10-12H2,1-5H3,(H,22,27)/t20-/m1/s1. The van der Waals surface area contributed by atoms with Gasteiger partial charge in [0.2, 0.25) is 5.91 Å². The van der Waals surface area contributed by atoms with Crippen molar-refractivity contribution in [1.82, 2.24) is 15.1 Å². The van der Waals surface area contributed by atoms with E-state index in [2.05, 4.69) is 21.2 Å². The van der Waals surface area contributed by atoms with E-state index in [1.807, 2.05) is 39.8 Å². The minimum atomic E-state index is -1.18. The fourth-order valence-corrected chi connectivity index (χ4v) is 3.63. The van der Waals surface area contributed by atoms with Crippen LogP contribution in [0.25, 0.3) is 0 Å². The normalized spacial score (nSPS) is 19.8. The van der Waals surface area contributed by atoms with Crippen LogP contribution >= 0.6 is 15.9 Å². The third-order valence-electron chi connectivity index (χ3n) is 4.49. The maximum Gasteiger partial charge on any atom is 0.325 e. The van der Waals surface area contributed by atoms with Crippen LogP contribution in [0.15, 0.2) is 28.7 Å². The van der Waals surface area contributed by atoms with E-state index >= 15 is 0 Å². The van der Waals surface area contributed by atoms with Crippen molar-refractivity contribution in [1.29, 1.82) is 0 Å². The highest BCUT2D eigenvalue weighted by Crippen LogP contribution is 2.30. The number of imide groups is 1. The highest BCUT2D eigenvalue weighted by Gasteiger charge is 2.49. The Bertz CT molecular complexity index is 725. The van der Waals surface area contributed by atoms with Gasteiger partial charge in [0.1, 0.15) is 12.1 Å². The lowest BCUT2D eigenvalue weighted by molar-refractivity contribution is -0.139. The first kappa shape index (κ1) is 21.4. The summed E-state index contributed by atoms with van der Waals surface area (Å²) in [6, 6.07) is 6.71. The molecule has 1 aromatic carbocycles. The molecular weight excluding hydrogens is 410 g/mol. The Morgan fingerprint density at radius 2 is 1.78 bits per heavy atom. The Morgan fingerprint density at radius 1 is 1.19 bits per heavy atom. The maximum absolute atomic E-state index is 13.0. The molecule has 1 fully saturated rings. The summed E-state index contributed by atoms with van der Waals surface area (Å²) in [5.41, 5.74) is -0.506. The number of nitrogens with zero attached hydrogens (tertiary/aromatic N) is 2. The lowest BCUT2D eigenvalue weighted by Crippen LogP contribution is -2.46. The molecule has 0 spiro atoms. The summed E-state index contributed by atoms with van der Waals surface area (Å²) in [5.74, 6) is -0.00197. The Balaban J connectivity index is 2.20. The van der Waals surface area contributed by atoms with Crippen molar-refractivity contribution in [2.24, 2.45) is 11.8 Å². The smallest absolute Gasteiger partial charge is 0.325 e. The van der Waals surface area contributed by atoms with Crippen LogP contribution in [0.1, 0.15) is 40.2 Å². The zero-order chi connectivity index (χ0) is 20.4. The number of urea groups is 1. The highest BCUT2D eigenvalue weighted by molar-refractivity contribution is 9.10. The van der Waals surface area contributed by atoms with E-state index in [0.717, 1.165) is 9.37 Å². The van der Waals surface area contributed by atoms with Crippen molar-refractivity contribution in [3.05, 3.63) is 34.3 Å². The zero-order valence-electron chi connectivity index (χ0n) is 16.6. The summed E-state index contributed by atoms with van der Waals surface area (Å²) in [5, 5.41) is 2.75. The average Bonchev–Trinajstić information content (AvgIpc) is 2.77. The number of amides is 4. The predicted molar refractivity (Wildman–Crippen MR) is 108 cm³/mol. The molecule has 148 valence electrons. The summed E-state index contributed by atoms with van der Waals surface area (Å²) in [4.78, 5) is 41.1. The number of nitrogens with one attached hydrogen (secondary N) is 1. The molecule has 6 nitrogen and oxygen atoms in total. The van der Waals surface area contributed by atoms with E-state index in [4.69, 9.17) is 0 Å². The molecule has 27 heavy (non-hydrogen) atoms. The molecule has 1 aliphatic heterocycles. The fourth-order valence-electron chi connectivity index (χ4n) is 3.23. The number of hydrogen-bond donors (Lipinski definition) is 1. The molecule has 0 aliphatic carbocycles. The molecule has 0 aromatic heterocycles. The van der Waals surface area contributed by atoms with Crippen LogP contribution in [-0.2, 0) is 15.1 Å². The third kappa shape index (κ3) is 4.89. The first-order valence-corrected chi connectivity index (χ1v) is 10.0. The number of carbonyl (C=O) groups is 3. The van der Waals surface area contributed by atoms with Gasteiger partial charge in [-0.1, -0.05) is 55.8 Å². The maximum atomic E-state index is 13.0. The highest BCUT2D eigenvalue weighted by atomic mass is 79.9. The SMILES string of the molecule is CC(C)CN(CC(C)C)C(=O)CN1C(=O)N[C@](C)(c2cccc(Br)c2)C1=O. The van der Waals surface area contributed by atoms with Crippen molar-refractivity contribution >= 4 is 33.8 Å². The van der Waals surface area contributed by atoms with Crippen molar-refractivity contribution < 1.29 is 14.4 Å². The van der Waals surface area contributed by atoms with Crippen LogP contribution < -0.4 is 5.32 Å². The molecule has 4 amide bonds. The van der Waals surface area contributed by atoms with Crippen molar-refractivity contribution in [3.8, 4) is 0 Å². The molecule has 7 heteroatoms. The van der Waals surface area contributed by atoms with Crippen molar-refractivity contribution in [3.63, 3.8) is 0 Å². The monoisotopic (exact) mass is 437 g/mol. The Morgan fingerprint density at radius 3 is 2.30 bits per heavy atom. The molecule has 1 N–H and O–H groups in total. The van der Waals surface area contributed by atoms with E-state index in [1.165, 1.54) is 0 Å². The van der Waals surface area contributed by atoms with Gasteiger partial charge in [-0.15, -0.1) is 0 Å². The van der Waals surface area contributed by atoms with Crippen LogP contribution in [0, 0.1) is 11.8 Å². The van der Waals surface area contributed by atoms with Crippen LogP contribution in [-0.4, -0.2) is 47.3 Å². The molecule has 0 unspecified atom stereocenters. The molecule has 0 bridgehead atoms. The van der Waals surface area contributed by atoms with Gasteiger partial charge >= 0.3 is 6.03 Å². The van der Waals surface area contributed by atoms with Crippen LogP contribution in [0.3, 0.4) is 0 Å². The molecule has 1 heterocycles. The van der Waals surface area contributed by atoms with Crippen molar-refractivity contribution in [2.45, 2.75) is 40.2 Å². The van der Waals surface area contributed by atoms with Gasteiger partial charge in [-0.25, -0.2) is 4.79 Å². The molecule has 1 atom stereocenters. The van der Waals surface area contributed by atoms with Gasteiger partial charge in [0, 0.05) is 17.6 Å². The van der Waals surface area contributed by atoms with Gasteiger partial charge in [-0.3, -0.25) is 14.5 Å². The summed E-state index contributed by atoms with van der Waals surface area (Å²) < 4.78 is 0.817. The van der Waals surface area contributed by atoms with E-state index in [0.29, 0.717) is 30.5 Å². The first-order valence-electron chi connectivity index (χ1n) is 9.22. The lowest BCUT2D eigenvalue weighted by Gasteiger charge is -2.28. The zero-order valence-corrected chi connectivity index (χ0v) is 18.2. The summed E-state index contributed by atoms with van der Waals surface area (Å²) in [6.45, 7) is 10.8. The van der Waals surface area contributed by atoms with Gasteiger partial charge in [-0.05, 0) is 36.5 Å². The Labute approximate surface area is 169 Å². The van der Waals surface area contributed by atoms with Crippen molar-refractivity contribution in [2.75, 3.05) is 19.6 Å². The number of hydrogen-bond acceptors (Lipinski definition) is 3. The third-order valence-corrected chi connectivity index (χ3v) is 4.99. The lowest BCUT2D eigenvalue weighted by atomic mass is 9.92. The second-order valence-electron chi connectivity index (χ2n) is 8.04. The second kappa shape index (κ2) is 8.42. The number of halogens is 1. The summed E-state index contributed by atoms with van der Waals surface area (Å²) in [7, 11) is 0. The molecule has 0 saturated carbocycles. The van der Waals surface area contributed by atoms with Gasteiger partial charge in [0.05, 0.1) is 0 Å². The average molecular weight is 438 g/mol. The van der Waals surface area contributed by atoms with E-state index < -0.39 is 17.5 Å². The summed E-state index contributed by atoms with van der Waals surface area (Å²) in [6.07, 6.45) is 0. The van der Waals surface area contributed by atoms with E-state index in [1.54, 1.807) is 24.0 Å². The first-order chi connectivity index (χ1) is 12.5. The van der Waals surface area contributed by atoms with Gasteiger partial charge in [0.15, 0.2) is 0 Å². The van der Waals surface area contributed by atoms with Crippen LogP contribution in [0.4, 0.5) is 4.79 Å². The minimum absolute atomic E-state index is 0.209. The Hall–Kier alpha value is -1.89. The fraction of sp³-hybridized carbons (Fsp3) is 0.550. The minimum Gasteiger partial charge on any atom is -0.341 e. The summed E-state index contributed by atoms with van der Waals surface area (Å²) >= 11 is 3.39. The quantitative estimate of drug-likeness (QED) is 0.664. The van der Waals surface area contributed by atoms with Crippen LogP contribution in [0.2, 0.25) is 0 Å². The molecule has 1 aliphatic rings. The molecular formula is C20H28BrN3O3. The predicted octanol–water partition coefficient (Wildman–Crippen LogP) is 3.36. The largest absolute Gasteiger partial charge is 0.341 e.